The summed E-state index contributed by atoms with van der Waals surface area (Å²) < 4.78 is 0. The molecular weight excluding hydrogens is 679 g/mol. The lowest BCUT2D eigenvalue weighted by atomic mass is 10.0. The number of nitrogens with zero attached hydrogens (tertiary/aromatic N) is 5. The molecule has 8 heterocycles. The van der Waals surface area contributed by atoms with Crippen molar-refractivity contribution in [2.75, 3.05) is 0 Å². The Kier molecular flexibility index (Phi) is 8.26. The van der Waals surface area contributed by atoms with Gasteiger partial charge in [0.2, 0.25) is 0 Å². The number of pyridine rings is 3. The van der Waals surface area contributed by atoms with E-state index in [0.717, 1.165) is 94.9 Å². The Hall–Kier alpha value is -6.95. The summed E-state index contributed by atoms with van der Waals surface area (Å²) >= 11 is 0. The van der Waals surface area contributed by atoms with Gasteiger partial charge in [0.05, 0.1) is 22.8 Å². The minimum atomic E-state index is -1.53. The molecule has 0 amide bonds. The lowest BCUT2D eigenvalue weighted by molar-refractivity contribution is 1.29. The zero-order valence-corrected chi connectivity index (χ0v) is 31.1. The number of benzene rings is 1. The smallest absolute Gasteiger partial charge is 0.129 e. The molecule has 0 aliphatic carbocycles. The van der Waals surface area contributed by atoms with Gasteiger partial charge >= 0.3 is 0 Å². The zero-order valence-electron chi connectivity index (χ0n) is 30.1. The third-order valence-corrected chi connectivity index (χ3v) is 10.3. The Balaban J connectivity index is 1.42. The van der Waals surface area contributed by atoms with Gasteiger partial charge in [-0.25, -0.2) is 9.97 Å². The predicted octanol–water partition coefficient (Wildman–Crippen LogP) is 10.7. The fourth-order valence-electron chi connectivity index (χ4n) is 6.95. The van der Waals surface area contributed by atoms with Gasteiger partial charge in [-0.2, -0.15) is 0 Å². The van der Waals surface area contributed by atoms with Crippen molar-refractivity contribution in [3.05, 3.63) is 150 Å². The molecule has 0 radical (unpaired) electrons. The van der Waals surface area contributed by atoms with Crippen LogP contribution in [-0.2, 0) is 0 Å². The standard InChI is InChI=1S/C46H35N7Si/c1-54(2,3)28-22-30-6-8-31(9-7-30)43-35-10-12-37(50-35)44(32-18-24-47-25-19-32)39-14-16-41(52-39)46(34-5-4-23-49-29-34)42-17-15-40(53-42)45(33-20-26-48-27-21-33)38-13-11-36(43)51-38/h4-21,23-27,29,50,53H,1-3H3. The SMILES string of the molecule is C[Si](C)(C)C#Cc1ccc(-c2c3nc(c(-c4ccncc4)c4ccc([nH]4)c(-c4cccnc4)c4nc(c(-c5ccncc5)c5ccc2[nH]5)C=C4)C=C3)cc1. The molecule has 0 saturated carbocycles. The second kappa shape index (κ2) is 13.5. The minimum Gasteiger partial charge on any atom is -0.354 e. The predicted molar refractivity (Wildman–Crippen MR) is 224 cm³/mol. The Bertz CT molecular complexity index is 2800. The van der Waals surface area contributed by atoms with Crippen LogP contribution in [0.2, 0.25) is 19.6 Å². The number of aromatic nitrogens is 7. The maximum Gasteiger partial charge on any atom is 0.129 e. The van der Waals surface area contributed by atoms with E-state index >= 15 is 0 Å². The van der Waals surface area contributed by atoms with E-state index in [0.29, 0.717) is 0 Å². The van der Waals surface area contributed by atoms with Gasteiger partial charge in [0.15, 0.2) is 0 Å². The highest BCUT2D eigenvalue weighted by Crippen LogP contribution is 2.38. The van der Waals surface area contributed by atoms with Crippen molar-refractivity contribution in [1.29, 1.82) is 0 Å². The summed E-state index contributed by atoms with van der Waals surface area (Å²) in [6, 6.07) is 29.1. The lowest BCUT2D eigenvalue weighted by Gasteiger charge is -2.07. The molecular formula is C46H35N7Si. The van der Waals surface area contributed by atoms with Crippen LogP contribution in [0.4, 0.5) is 0 Å². The maximum absolute atomic E-state index is 5.38. The fourth-order valence-corrected chi connectivity index (χ4v) is 7.47. The maximum atomic E-state index is 5.38. The van der Waals surface area contributed by atoms with Gasteiger partial charge in [0.1, 0.15) is 8.07 Å². The first-order chi connectivity index (χ1) is 26.4. The van der Waals surface area contributed by atoms with Crippen LogP contribution in [0, 0.1) is 11.5 Å². The van der Waals surface area contributed by atoms with E-state index in [1.807, 2.05) is 61.3 Å². The molecule has 0 fully saturated rings. The molecule has 6 aromatic heterocycles. The van der Waals surface area contributed by atoms with Gasteiger partial charge in [-0.3, -0.25) is 15.0 Å². The molecule has 2 aliphatic rings. The molecule has 54 heavy (non-hydrogen) atoms. The molecule has 0 spiro atoms. The summed E-state index contributed by atoms with van der Waals surface area (Å²) in [7, 11) is -1.53. The first-order valence-corrected chi connectivity index (χ1v) is 21.4. The van der Waals surface area contributed by atoms with Crippen molar-refractivity contribution in [1.82, 2.24) is 34.9 Å². The summed E-state index contributed by atoms with van der Waals surface area (Å²) in [4.78, 5) is 31.4. The zero-order chi connectivity index (χ0) is 36.6. The number of nitrogens with one attached hydrogen (secondary N) is 2. The Morgan fingerprint density at radius 2 is 0.870 bits per heavy atom. The van der Waals surface area contributed by atoms with E-state index in [-0.39, 0.29) is 0 Å². The number of aromatic amines is 2. The molecule has 258 valence electrons. The van der Waals surface area contributed by atoms with E-state index < -0.39 is 8.07 Å². The first kappa shape index (κ1) is 32.9. The molecule has 0 unspecified atom stereocenters. The molecule has 8 bridgehead atoms. The highest BCUT2D eigenvalue weighted by Gasteiger charge is 2.19. The van der Waals surface area contributed by atoms with E-state index in [1.54, 1.807) is 6.20 Å². The van der Waals surface area contributed by atoms with Crippen LogP contribution in [0.15, 0.2) is 122 Å². The number of hydrogen-bond acceptors (Lipinski definition) is 5. The number of hydrogen-bond donors (Lipinski definition) is 2. The average molecular weight is 714 g/mol. The van der Waals surface area contributed by atoms with Crippen molar-refractivity contribution in [2.24, 2.45) is 0 Å². The summed E-state index contributed by atoms with van der Waals surface area (Å²) in [5, 5.41) is 0. The Labute approximate surface area is 314 Å². The van der Waals surface area contributed by atoms with Crippen molar-refractivity contribution >= 4 is 54.4 Å². The summed E-state index contributed by atoms with van der Waals surface area (Å²) in [5.74, 6) is 3.41. The monoisotopic (exact) mass is 713 g/mol. The highest BCUT2D eigenvalue weighted by atomic mass is 28.3. The quantitative estimate of drug-likeness (QED) is 0.140. The Morgan fingerprint density at radius 1 is 0.444 bits per heavy atom. The van der Waals surface area contributed by atoms with Gasteiger partial charge in [0.25, 0.3) is 0 Å². The minimum absolute atomic E-state index is 0.834. The normalized spacial score (nSPS) is 12.1. The van der Waals surface area contributed by atoms with Gasteiger partial charge < -0.3 is 9.97 Å². The third kappa shape index (κ3) is 6.38. The molecule has 9 rings (SSSR count). The number of H-pyrrole nitrogens is 2. The van der Waals surface area contributed by atoms with Crippen molar-refractivity contribution in [2.45, 2.75) is 19.6 Å². The summed E-state index contributed by atoms with van der Waals surface area (Å²) in [6.45, 7) is 6.78. The second-order valence-electron chi connectivity index (χ2n) is 14.3. The van der Waals surface area contributed by atoms with Crippen molar-refractivity contribution in [3.63, 3.8) is 0 Å². The topological polar surface area (TPSA) is 96.0 Å². The number of fused-ring (bicyclic) bond motifs is 8. The van der Waals surface area contributed by atoms with Crippen LogP contribution >= 0.6 is 0 Å². The Morgan fingerprint density at radius 3 is 1.28 bits per heavy atom. The van der Waals surface area contributed by atoms with Gasteiger partial charge in [-0.05, 0) is 108 Å². The van der Waals surface area contributed by atoms with Crippen LogP contribution in [0.1, 0.15) is 28.3 Å². The third-order valence-electron chi connectivity index (χ3n) is 9.40. The molecule has 0 atom stereocenters. The van der Waals surface area contributed by atoms with Gasteiger partial charge in [-0.1, -0.05) is 43.8 Å². The summed E-state index contributed by atoms with van der Waals surface area (Å²) in [6.07, 6.45) is 19.3. The summed E-state index contributed by atoms with van der Waals surface area (Å²) in [5.41, 5.74) is 19.5. The first-order valence-electron chi connectivity index (χ1n) is 17.9. The van der Waals surface area contributed by atoms with Gasteiger partial charge in [-0.15, -0.1) is 5.54 Å². The van der Waals surface area contributed by atoms with E-state index in [4.69, 9.17) is 9.97 Å². The van der Waals surface area contributed by atoms with Crippen LogP contribution in [0.25, 0.3) is 90.9 Å². The molecule has 7 nitrogen and oxygen atoms in total. The fraction of sp³-hybridized carbons (Fsp3) is 0.0652. The van der Waals surface area contributed by atoms with E-state index in [9.17, 15) is 0 Å². The van der Waals surface area contributed by atoms with Crippen LogP contribution in [-0.4, -0.2) is 43.0 Å². The second-order valence-corrected chi connectivity index (χ2v) is 19.0. The molecule has 2 N–H and O–H groups in total. The van der Waals surface area contributed by atoms with Crippen LogP contribution < -0.4 is 0 Å². The number of rotatable bonds is 4. The molecule has 8 heteroatoms. The largest absolute Gasteiger partial charge is 0.354 e. The molecule has 1 aromatic carbocycles. The van der Waals surface area contributed by atoms with Crippen LogP contribution in [0.3, 0.4) is 0 Å². The van der Waals surface area contributed by atoms with Crippen LogP contribution in [0.5, 0.6) is 0 Å². The molecule has 7 aromatic rings. The average Bonchev–Trinajstić information content (AvgIpc) is 4.03. The molecule has 0 saturated heterocycles. The highest BCUT2D eigenvalue weighted by molar-refractivity contribution is 6.83. The van der Waals surface area contributed by atoms with Gasteiger partial charge in [0, 0.05) is 92.6 Å². The van der Waals surface area contributed by atoms with Crippen molar-refractivity contribution in [3.8, 4) is 56.0 Å². The lowest BCUT2D eigenvalue weighted by Crippen LogP contribution is -2.16. The molecule has 2 aliphatic heterocycles. The van der Waals surface area contributed by atoms with E-state index in [2.05, 4.69) is 135 Å². The van der Waals surface area contributed by atoms with E-state index in [1.165, 1.54) is 0 Å². The van der Waals surface area contributed by atoms with Crippen molar-refractivity contribution < 1.29 is 0 Å².